The largest absolute Gasteiger partial charge is 0.486 e. The van der Waals surface area contributed by atoms with E-state index >= 15 is 0 Å². The lowest BCUT2D eigenvalue weighted by molar-refractivity contribution is 0.0877. The third-order valence-corrected chi connectivity index (χ3v) is 3.04. The van der Waals surface area contributed by atoms with E-state index < -0.39 is 0 Å². The number of Topliss-reactive ketones (excluding diaryl/α,β-unsaturated/α-hetero) is 1. The van der Waals surface area contributed by atoms with Crippen LogP contribution in [0.25, 0.3) is 0 Å². The van der Waals surface area contributed by atoms with Gasteiger partial charge in [-0.15, -0.1) is 0 Å². The minimum Gasteiger partial charge on any atom is -0.486 e. The fourth-order valence-electron chi connectivity index (χ4n) is 1.81. The highest BCUT2D eigenvalue weighted by atomic mass is 16.6. The Hall–Kier alpha value is -1.55. The molecular weight excluding hydrogens is 232 g/mol. The van der Waals surface area contributed by atoms with Crippen molar-refractivity contribution in [1.82, 2.24) is 0 Å². The fourth-order valence-corrected chi connectivity index (χ4v) is 1.81. The quantitative estimate of drug-likeness (QED) is 0.753. The number of fused-ring (bicyclic) bond motifs is 1. The summed E-state index contributed by atoms with van der Waals surface area (Å²) in [4.78, 5) is 12.0. The molecule has 0 saturated heterocycles. The summed E-state index contributed by atoms with van der Waals surface area (Å²) in [5.74, 6) is 1.48. The summed E-state index contributed by atoms with van der Waals surface area (Å²) >= 11 is 0. The third kappa shape index (κ3) is 3.01. The Bertz CT molecular complexity index is 428. The predicted molar refractivity (Wildman–Crippen MR) is 67.5 cm³/mol. The van der Waals surface area contributed by atoms with Crippen LogP contribution in [0.4, 0.5) is 0 Å². The number of rotatable bonds is 5. The summed E-state index contributed by atoms with van der Waals surface area (Å²) < 4.78 is 16.0. The molecule has 1 aliphatic heterocycles. The normalized spacial score (nSPS) is 15.2. The number of benzene rings is 1. The van der Waals surface area contributed by atoms with E-state index in [9.17, 15) is 4.79 Å². The Labute approximate surface area is 107 Å². The van der Waals surface area contributed by atoms with Gasteiger partial charge in [0.2, 0.25) is 0 Å². The minimum absolute atomic E-state index is 0.103. The molecule has 1 aromatic rings. The summed E-state index contributed by atoms with van der Waals surface area (Å²) in [6, 6.07) is 5.34. The van der Waals surface area contributed by atoms with Crippen molar-refractivity contribution in [2.24, 2.45) is 0 Å². The molecule has 0 aliphatic carbocycles. The van der Waals surface area contributed by atoms with Crippen molar-refractivity contribution in [2.45, 2.75) is 25.9 Å². The maximum absolute atomic E-state index is 12.0. The zero-order valence-electron chi connectivity index (χ0n) is 10.8. The molecule has 0 saturated carbocycles. The molecule has 2 rings (SSSR count). The first-order chi connectivity index (χ1) is 8.70. The van der Waals surface area contributed by atoms with Crippen molar-refractivity contribution in [2.75, 3.05) is 20.3 Å². The number of hydrogen-bond donors (Lipinski definition) is 0. The zero-order valence-corrected chi connectivity index (χ0v) is 10.8. The first-order valence-corrected chi connectivity index (χ1v) is 6.16. The molecule has 0 amide bonds. The van der Waals surface area contributed by atoms with Gasteiger partial charge in [-0.05, 0) is 31.5 Å². The zero-order chi connectivity index (χ0) is 13.0. The lowest BCUT2D eigenvalue weighted by atomic mass is 10.0. The van der Waals surface area contributed by atoms with Crippen LogP contribution in [0.15, 0.2) is 18.2 Å². The topological polar surface area (TPSA) is 44.8 Å². The molecule has 0 aromatic heterocycles. The van der Waals surface area contributed by atoms with Gasteiger partial charge >= 0.3 is 0 Å². The second-order valence-electron chi connectivity index (χ2n) is 4.37. The molecule has 1 aromatic carbocycles. The Morgan fingerprint density at radius 1 is 1.33 bits per heavy atom. The third-order valence-electron chi connectivity index (χ3n) is 3.04. The van der Waals surface area contributed by atoms with E-state index in [1.807, 2.05) is 6.92 Å². The molecule has 4 heteroatoms. The molecule has 4 nitrogen and oxygen atoms in total. The van der Waals surface area contributed by atoms with Crippen molar-refractivity contribution < 1.29 is 19.0 Å². The minimum atomic E-state index is 0.103. The van der Waals surface area contributed by atoms with Crippen molar-refractivity contribution in [3.8, 4) is 11.5 Å². The SMILES string of the molecule is COC(C)CCC(=O)c1ccc2c(c1)OCCO2. The van der Waals surface area contributed by atoms with Gasteiger partial charge in [0, 0.05) is 19.1 Å². The smallest absolute Gasteiger partial charge is 0.163 e. The number of ketones is 1. The number of ether oxygens (including phenoxy) is 3. The second-order valence-corrected chi connectivity index (χ2v) is 4.37. The van der Waals surface area contributed by atoms with Gasteiger partial charge in [0.1, 0.15) is 13.2 Å². The van der Waals surface area contributed by atoms with Crippen molar-refractivity contribution in [3.05, 3.63) is 23.8 Å². The van der Waals surface area contributed by atoms with Gasteiger partial charge in [0.05, 0.1) is 6.10 Å². The Kier molecular flexibility index (Phi) is 4.20. The van der Waals surface area contributed by atoms with Crippen LogP contribution < -0.4 is 9.47 Å². The van der Waals surface area contributed by atoms with E-state index in [1.54, 1.807) is 25.3 Å². The van der Waals surface area contributed by atoms with Crippen LogP contribution in [0.1, 0.15) is 30.1 Å². The molecular formula is C14H18O4. The van der Waals surface area contributed by atoms with Gasteiger partial charge in [0.25, 0.3) is 0 Å². The molecule has 1 atom stereocenters. The van der Waals surface area contributed by atoms with Crippen LogP contribution in [0.3, 0.4) is 0 Å². The van der Waals surface area contributed by atoms with Crippen molar-refractivity contribution >= 4 is 5.78 Å². The summed E-state index contributed by atoms with van der Waals surface area (Å²) in [7, 11) is 1.65. The summed E-state index contributed by atoms with van der Waals surface area (Å²) in [5, 5.41) is 0. The Morgan fingerprint density at radius 2 is 2.06 bits per heavy atom. The van der Waals surface area contributed by atoms with Gasteiger partial charge in [-0.3, -0.25) is 4.79 Å². The summed E-state index contributed by atoms with van der Waals surface area (Å²) in [6.07, 6.45) is 1.31. The van der Waals surface area contributed by atoms with Crippen LogP contribution in [0.5, 0.6) is 11.5 Å². The Balaban J connectivity index is 2.02. The molecule has 18 heavy (non-hydrogen) atoms. The average Bonchev–Trinajstić information content (AvgIpc) is 2.43. The lowest BCUT2D eigenvalue weighted by Crippen LogP contribution is -2.16. The predicted octanol–water partition coefficient (Wildman–Crippen LogP) is 2.46. The molecule has 0 bridgehead atoms. The van der Waals surface area contributed by atoms with E-state index in [1.165, 1.54) is 0 Å². The van der Waals surface area contributed by atoms with Crippen molar-refractivity contribution in [3.63, 3.8) is 0 Å². The fraction of sp³-hybridized carbons (Fsp3) is 0.500. The van der Waals surface area contributed by atoms with Gasteiger partial charge in [-0.2, -0.15) is 0 Å². The molecule has 1 aliphatic rings. The average molecular weight is 250 g/mol. The number of carbonyl (C=O) groups excluding carboxylic acids is 1. The van der Waals surface area contributed by atoms with E-state index in [4.69, 9.17) is 14.2 Å². The molecule has 1 unspecified atom stereocenters. The summed E-state index contributed by atoms with van der Waals surface area (Å²) in [6.45, 7) is 3.05. The van der Waals surface area contributed by atoms with Crippen LogP contribution in [-0.4, -0.2) is 32.2 Å². The first-order valence-electron chi connectivity index (χ1n) is 6.16. The maximum Gasteiger partial charge on any atom is 0.163 e. The van der Waals surface area contributed by atoms with Crippen molar-refractivity contribution in [1.29, 1.82) is 0 Å². The number of methoxy groups -OCH3 is 1. The Morgan fingerprint density at radius 3 is 2.78 bits per heavy atom. The van der Waals surface area contributed by atoms with Crippen LogP contribution in [-0.2, 0) is 4.74 Å². The van der Waals surface area contributed by atoms with Crippen LogP contribution >= 0.6 is 0 Å². The highest BCUT2D eigenvalue weighted by Gasteiger charge is 2.15. The molecule has 0 spiro atoms. The number of hydrogen-bond acceptors (Lipinski definition) is 4. The van der Waals surface area contributed by atoms with Gasteiger partial charge in [-0.25, -0.2) is 0 Å². The number of carbonyl (C=O) groups is 1. The molecule has 0 radical (unpaired) electrons. The second kappa shape index (κ2) is 5.87. The molecule has 0 fully saturated rings. The van der Waals surface area contributed by atoms with Gasteiger partial charge in [-0.1, -0.05) is 0 Å². The first kappa shape index (κ1) is 12.9. The summed E-state index contributed by atoms with van der Waals surface area (Å²) in [5.41, 5.74) is 0.669. The van der Waals surface area contributed by atoms with E-state index in [0.717, 1.165) is 6.42 Å². The lowest BCUT2D eigenvalue weighted by Gasteiger charge is -2.18. The van der Waals surface area contributed by atoms with E-state index in [2.05, 4.69) is 0 Å². The molecule has 1 heterocycles. The monoisotopic (exact) mass is 250 g/mol. The van der Waals surface area contributed by atoms with Crippen LogP contribution in [0.2, 0.25) is 0 Å². The molecule has 0 N–H and O–H groups in total. The highest BCUT2D eigenvalue weighted by Crippen LogP contribution is 2.31. The van der Waals surface area contributed by atoms with Gasteiger partial charge < -0.3 is 14.2 Å². The molecule has 98 valence electrons. The van der Waals surface area contributed by atoms with E-state index in [-0.39, 0.29) is 11.9 Å². The highest BCUT2D eigenvalue weighted by molar-refractivity contribution is 5.96. The standard InChI is InChI=1S/C14H18O4/c1-10(16-2)3-5-12(15)11-4-6-13-14(9-11)18-8-7-17-13/h4,6,9-10H,3,5,7-8H2,1-2H3. The maximum atomic E-state index is 12.0. The van der Waals surface area contributed by atoms with Gasteiger partial charge in [0.15, 0.2) is 17.3 Å². The van der Waals surface area contributed by atoms with Crippen LogP contribution in [0, 0.1) is 0 Å². The van der Waals surface area contributed by atoms with E-state index in [0.29, 0.717) is 36.7 Å².